The van der Waals surface area contributed by atoms with Crippen LogP contribution in [0.25, 0.3) is 0 Å². The first-order valence-electron chi connectivity index (χ1n) is 40.7. The molecule has 0 amide bonds. The second kappa shape index (κ2) is 68.2. The first kappa shape index (κ1) is 96.1. The van der Waals surface area contributed by atoms with Crippen LogP contribution in [0.4, 0.5) is 0 Å². The van der Waals surface area contributed by atoms with Crippen LogP contribution in [0.15, 0.2) is 0 Å². The van der Waals surface area contributed by atoms with E-state index in [1.165, 1.54) is 199 Å². The number of hydrogen-bond donors (Lipinski definition) is 3. The van der Waals surface area contributed by atoms with Crippen molar-refractivity contribution in [3.63, 3.8) is 0 Å². The molecule has 17 nitrogen and oxygen atoms in total. The van der Waals surface area contributed by atoms with Crippen molar-refractivity contribution < 1.29 is 80.2 Å². The fourth-order valence-electron chi connectivity index (χ4n) is 12.1. The lowest BCUT2D eigenvalue weighted by Crippen LogP contribution is -2.30. The minimum atomic E-state index is -4.96. The van der Waals surface area contributed by atoms with Gasteiger partial charge in [-0.15, -0.1) is 0 Å². The standard InChI is InChI=1S/C79H154O17P2/c1-69(2)55-47-39-31-24-19-15-11-9-10-12-17-21-27-35-43-51-59-76(81)89-65-74(96-79(84)62-54-46-37-29-23-26-33-41-49-57-71(5)6)67-93-97(85,86)91-63-73(80)64-92-98(87,88)94-68-75(66-90-77(82)60-52-44-38-30-34-42-50-58-72(7)8)95-78(83)61-53-45-36-28-22-18-14-13-16-20-25-32-40-48-56-70(3)4/h69-75,80H,9-68H2,1-8H3,(H,85,86)(H,87,88)/t73?,74-,75-/m1/s1. The number of phosphoric acid groups is 2. The number of carbonyl (C=O) groups is 4. The summed E-state index contributed by atoms with van der Waals surface area (Å²) in [5.41, 5.74) is 0. The molecule has 0 fully saturated rings. The SMILES string of the molecule is CC(C)CCCCCCCCCCCCCCCCCCC(=O)OC[C@H](COP(=O)(O)OCC(O)COP(=O)(O)OC[C@@H](COC(=O)CCCCCCCCCC(C)C)OC(=O)CCCCCCCCCCCCCCCCC(C)C)OC(=O)CCCCCCCCCCCC(C)C. The van der Waals surface area contributed by atoms with Crippen LogP contribution in [0.3, 0.4) is 0 Å². The van der Waals surface area contributed by atoms with E-state index in [1.807, 2.05) is 0 Å². The third kappa shape index (κ3) is 72.4. The molecule has 0 aromatic rings. The monoisotopic (exact) mass is 1440 g/mol. The van der Waals surface area contributed by atoms with Gasteiger partial charge >= 0.3 is 39.5 Å². The van der Waals surface area contributed by atoms with Gasteiger partial charge in [0.15, 0.2) is 12.2 Å². The van der Waals surface area contributed by atoms with E-state index < -0.39 is 97.5 Å². The third-order valence-corrected chi connectivity index (χ3v) is 20.2. The maximum atomic E-state index is 13.1. The first-order valence-corrected chi connectivity index (χ1v) is 43.7. The van der Waals surface area contributed by atoms with E-state index in [1.54, 1.807) is 0 Å². The Bertz CT molecular complexity index is 1920. The Balaban J connectivity index is 5.20. The molecule has 0 radical (unpaired) electrons. The van der Waals surface area contributed by atoms with Gasteiger partial charge in [-0.05, 0) is 49.4 Å². The van der Waals surface area contributed by atoms with Crippen LogP contribution in [0.2, 0.25) is 0 Å². The summed E-state index contributed by atoms with van der Waals surface area (Å²) in [6.07, 6.45) is 54.3. The highest BCUT2D eigenvalue weighted by Gasteiger charge is 2.30. The summed E-state index contributed by atoms with van der Waals surface area (Å²) in [4.78, 5) is 72.9. The lowest BCUT2D eigenvalue weighted by atomic mass is 10.0. The minimum absolute atomic E-state index is 0.105. The average molecular weight is 1440 g/mol. The molecule has 0 saturated carbocycles. The van der Waals surface area contributed by atoms with Crippen molar-refractivity contribution >= 4 is 39.5 Å². The van der Waals surface area contributed by atoms with Gasteiger partial charge < -0.3 is 33.8 Å². The Labute approximate surface area is 600 Å². The van der Waals surface area contributed by atoms with Crippen molar-refractivity contribution in [1.82, 2.24) is 0 Å². The van der Waals surface area contributed by atoms with Gasteiger partial charge in [-0.3, -0.25) is 37.3 Å². The molecule has 0 aliphatic heterocycles. The number of unbranched alkanes of at least 4 members (excludes halogenated alkanes) is 42. The lowest BCUT2D eigenvalue weighted by molar-refractivity contribution is -0.161. The highest BCUT2D eigenvalue weighted by atomic mass is 31.2. The molecule has 3 unspecified atom stereocenters. The molecular weight excluding hydrogens is 1280 g/mol. The van der Waals surface area contributed by atoms with Gasteiger partial charge in [0.25, 0.3) is 0 Å². The van der Waals surface area contributed by atoms with Crippen LogP contribution >= 0.6 is 15.6 Å². The minimum Gasteiger partial charge on any atom is -0.462 e. The fourth-order valence-corrected chi connectivity index (χ4v) is 13.7. The normalized spacial score (nSPS) is 14.1. The number of rotatable bonds is 76. The smallest absolute Gasteiger partial charge is 0.462 e. The zero-order chi connectivity index (χ0) is 72.4. The van der Waals surface area contributed by atoms with E-state index in [2.05, 4.69) is 55.4 Å². The van der Waals surface area contributed by atoms with Crippen LogP contribution in [0.5, 0.6) is 0 Å². The molecule has 0 saturated heterocycles. The average Bonchev–Trinajstić information content (AvgIpc) is 1.08. The molecule has 0 bridgehead atoms. The van der Waals surface area contributed by atoms with E-state index in [4.69, 9.17) is 37.0 Å². The van der Waals surface area contributed by atoms with Crippen LogP contribution in [-0.4, -0.2) is 96.7 Å². The van der Waals surface area contributed by atoms with E-state index in [9.17, 15) is 43.2 Å². The second-order valence-electron chi connectivity index (χ2n) is 30.4. The fraction of sp³-hybridized carbons (Fsp3) is 0.949. The molecule has 0 aromatic carbocycles. The van der Waals surface area contributed by atoms with Gasteiger partial charge in [-0.2, -0.15) is 0 Å². The Morgan fingerprint density at radius 3 is 0.633 bits per heavy atom. The summed E-state index contributed by atoms with van der Waals surface area (Å²) in [7, 11) is -9.92. The zero-order valence-electron chi connectivity index (χ0n) is 64.4. The maximum absolute atomic E-state index is 13.1. The predicted octanol–water partition coefficient (Wildman–Crippen LogP) is 23.2. The van der Waals surface area contributed by atoms with Gasteiger partial charge in [-0.25, -0.2) is 9.13 Å². The number of phosphoric ester groups is 2. The van der Waals surface area contributed by atoms with Crippen molar-refractivity contribution in [2.24, 2.45) is 23.7 Å². The summed E-state index contributed by atoms with van der Waals surface area (Å²) in [6.45, 7) is 14.2. The molecule has 582 valence electrons. The number of hydrogen-bond acceptors (Lipinski definition) is 15. The third-order valence-electron chi connectivity index (χ3n) is 18.3. The lowest BCUT2D eigenvalue weighted by Gasteiger charge is -2.21. The molecule has 19 heteroatoms. The highest BCUT2D eigenvalue weighted by Crippen LogP contribution is 2.45. The van der Waals surface area contributed by atoms with Crippen molar-refractivity contribution in [1.29, 1.82) is 0 Å². The van der Waals surface area contributed by atoms with Crippen molar-refractivity contribution in [2.75, 3.05) is 39.6 Å². The molecule has 3 N–H and O–H groups in total. The Morgan fingerprint density at radius 2 is 0.429 bits per heavy atom. The molecule has 0 rings (SSSR count). The van der Waals surface area contributed by atoms with Crippen LogP contribution in [0.1, 0.15) is 402 Å². The molecule has 0 aliphatic carbocycles. The second-order valence-corrected chi connectivity index (χ2v) is 33.3. The largest absolute Gasteiger partial charge is 0.472 e. The maximum Gasteiger partial charge on any atom is 0.472 e. The molecule has 0 aromatic heterocycles. The number of aliphatic hydroxyl groups excluding tert-OH is 1. The zero-order valence-corrected chi connectivity index (χ0v) is 66.2. The molecule has 0 spiro atoms. The summed E-state index contributed by atoms with van der Waals surface area (Å²) < 4.78 is 68.6. The molecule has 5 atom stereocenters. The molecular formula is C79H154O17P2. The van der Waals surface area contributed by atoms with E-state index in [0.717, 1.165) is 114 Å². The quantitative estimate of drug-likeness (QED) is 0.0222. The number of esters is 4. The van der Waals surface area contributed by atoms with Gasteiger partial charge in [0.05, 0.1) is 26.4 Å². The predicted molar refractivity (Wildman–Crippen MR) is 400 cm³/mol. The number of carbonyl (C=O) groups excluding carboxylic acids is 4. The van der Waals surface area contributed by atoms with Gasteiger partial charge in [0, 0.05) is 25.7 Å². The number of aliphatic hydroxyl groups is 1. The van der Waals surface area contributed by atoms with Crippen LogP contribution in [-0.2, 0) is 65.4 Å². The van der Waals surface area contributed by atoms with Crippen LogP contribution < -0.4 is 0 Å². The first-order chi connectivity index (χ1) is 47.1. The molecule has 0 aliphatic rings. The Kier molecular flexibility index (Phi) is 66.8. The summed E-state index contributed by atoms with van der Waals surface area (Å²) in [5.74, 6) is 0.931. The summed E-state index contributed by atoms with van der Waals surface area (Å²) in [6, 6.07) is 0. The van der Waals surface area contributed by atoms with Crippen molar-refractivity contribution in [2.45, 2.75) is 420 Å². The number of ether oxygens (including phenoxy) is 4. The van der Waals surface area contributed by atoms with Gasteiger partial charge in [0.2, 0.25) is 0 Å². The van der Waals surface area contributed by atoms with Crippen molar-refractivity contribution in [3.05, 3.63) is 0 Å². The van der Waals surface area contributed by atoms with E-state index >= 15 is 0 Å². The Hall–Kier alpha value is -1.94. The van der Waals surface area contributed by atoms with Crippen molar-refractivity contribution in [3.8, 4) is 0 Å². The highest BCUT2D eigenvalue weighted by molar-refractivity contribution is 7.47. The summed E-state index contributed by atoms with van der Waals surface area (Å²) >= 11 is 0. The van der Waals surface area contributed by atoms with Crippen LogP contribution in [0, 0.1) is 23.7 Å². The van der Waals surface area contributed by atoms with Gasteiger partial charge in [0.1, 0.15) is 19.3 Å². The topological polar surface area (TPSA) is 237 Å². The van der Waals surface area contributed by atoms with Gasteiger partial charge in [-0.1, -0.05) is 351 Å². The van der Waals surface area contributed by atoms with E-state index in [-0.39, 0.29) is 25.7 Å². The molecule has 98 heavy (non-hydrogen) atoms. The van der Waals surface area contributed by atoms with E-state index in [0.29, 0.717) is 31.6 Å². The molecule has 0 heterocycles. The summed E-state index contributed by atoms with van der Waals surface area (Å²) in [5, 5.41) is 10.6. The Morgan fingerprint density at radius 1 is 0.255 bits per heavy atom.